The standard InChI is InChI=1S/C28H48O2/c1-5-6-7-8-9-10-11-12-13-14-15-16-17-18-19-20-28(29)30-27-23-26(24(2)3)22-21-25(27)4/h12-13,21,26-27H,2,5-11,14-20,22-23H2,1,3-4H3/b13-12+/t26-,27+/m1/s1. The monoisotopic (exact) mass is 416 g/mol. The van der Waals surface area contributed by atoms with Gasteiger partial charge in [-0.05, 0) is 70.3 Å². The maximum Gasteiger partial charge on any atom is 0.306 e. The van der Waals surface area contributed by atoms with E-state index in [1.807, 2.05) is 0 Å². The number of esters is 1. The first-order valence-electron chi connectivity index (χ1n) is 12.7. The number of unbranched alkanes of at least 4 members (excludes halogenated alkanes) is 11. The van der Waals surface area contributed by atoms with Crippen molar-refractivity contribution in [3.8, 4) is 0 Å². The zero-order valence-corrected chi connectivity index (χ0v) is 20.2. The van der Waals surface area contributed by atoms with Crippen LogP contribution in [0.15, 0.2) is 36.0 Å². The summed E-state index contributed by atoms with van der Waals surface area (Å²) in [6.07, 6.45) is 25.9. The zero-order valence-electron chi connectivity index (χ0n) is 20.2. The van der Waals surface area contributed by atoms with E-state index < -0.39 is 0 Å². The van der Waals surface area contributed by atoms with Crippen LogP contribution in [-0.2, 0) is 9.53 Å². The van der Waals surface area contributed by atoms with E-state index in [-0.39, 0.29) is 12.1 Å². The van der Waals surface area contributed by atoms with Gasteiger partial charge in [0.05, 0.1) is 0 Å². The molecule has 0 aromatic carbocycles. The van der Waals surface area contributed by atoms with Crippen LogP contribution in [0.25, 0.3) is 0 Å². The fraction of sp³-hybridized carbons (Fsp3) is 0.750. The Bertz CT molecular complexity index is 529. The second-order valence-corrected chi connectivity index (χ2v) is 9.28. The lowest BCUT2D eigenvalue weighted by molar-refractivity contribution is -0.148. The van der Waals surface area contributed by atoms with Gasteiger partial charge in [0.15, 0.2) is 0 Å². The van der Waals surface area contributed by atoms with Crippen LogP contribution in [0.5, 0.6) is 0 Å². The number of carbonyl (C=O) groups is 1. The van der Waals surface area contributed by atoms with Crippen molar-refractivity contribution < 1.29 is 9.53 Å². The Balaban J connectivity index is 1.96. The molecule has 0 fully saturated rings. The van der Waals surface area contributed by atoms with Crippen molar-refractivity contribution >= 4 is 5.97 Å². The van der Waals surface area contributed by atoms with Gasteiger partial charge in [0, 0.05) is 6.42 Å². The summed E-state index contributed by atoms with van der Waals surface area (Å²) in [5.74, 6) is 0.416. The van der Waals surface area contributed by atoms with Crippen LogP contribution < -0.4 is 0 Å². The summed E-state index contributed by atoms with van der Waals surface area (Å²) in [5.41, 5.74) is 2.39. The van der Waals surface area contributed by atoms with E-state index in [2.05, 4.69) is 45.6 Å². The number of carbonyl (C=O) groups excluding carboxylic acids is 1. The Morgan fingerprint density at radius 1 is 1.00 bits per heavy atom. The molecule has 0 saturated carbocycles. The van der Waals surface area contributed by atoms with Gasteiger partial charge in [-0.1, -0.05) is 88.7 Å². The summed E-state index contributed by atoms with van der Waals surface area (Å²) in [6.45, 7) is 10.5. The van der Waals surface area contributed by atoms with Crippen molar-refractivity contribution in [3.63, 3.8) is 0 Å². The fourth-order valence-electron chi connectivity index (χ4n) is 4.10. The van der Waals surface area contributed by atoms with Crippen LogP contribution in [0.3, 0.4) is 0 Å². The van der Waals surface area contributed by atoms with Crippen molar-refractivity contribution in [3.05, 3.63) is 36.0 Å². The van der Waals surface area contributed by atoms with Crippen LogP contribution in [0.2, 0.25) is 0 Å². The van der Waals surface area contributed by atoms with Crippen molar-refractivity contribution in [2.45, 2.75) is 130 Å². The first kappa shape index (κ1) is 26.7. The van der Waals surface area contributed by atoms with Gasteiger partial charge in [0.1, 0.15) is 6.10 Å². The first-order chi connectivity index (χ1) is 14.5. The van der Waals surface area contributed by atoms with Crippen LogP contribution in [0.1, 0.15) is 124 Å². The molecule has 0 radical (unpaired) electrons. The number of ether oxygens (including phenoxy) is 1. The van der Waals surface area contributed by atoms with E-state index in [1.54, 1.807) is 0 Å². The molecule has 1 rings (SSSR count). The predicted octanol–water partition coefficient (Wildman–Crippen LogP) is 8.87. The second kappa shape index (κ2) is 17.4. The predicted molar refractivity (Wildman–Crippen MR) is 131 cm³/mol. The molecule has 0 unspecified atom stereocenters. The van der Waals surface area contributed by atoms with E-state index >= 15 is 0 Å². The van der Waals surface area contributed by atoms with Crippen molar-refractivity contribution in [2.24, 2.45) is 5.92 Å². The van der Waals surface area contributed by atoms with Crippen molar-refractivity contribution in [1.29, 1.82) is 0 Å². The Morgan fingerprint density at radius 2 is 1.57 bits per heavy atom. The van der Waals surface area contributed by atoms with E-state index in [4.69, 9.17) is 4.74 Å². The third-order valence-corrected chi connectivity index (χ3v) is 6.34. The zero-order chi connectivity index (χ0) is 22.0. The summed E-state index contributed by atoms with van der Waals surface area (Å²) < 4.78 is 5.75. The molecule has 0 heterocycles. The third-order valence-electron chi connectivity index (χ3n) is 6.34. The fourth-order valence-corrected chi connectivity index (χ4v) is 4.10. The van der Waals surface area contributed by atoms with Crippen molar-refractivity contribution in [2.75, 3.05) is 0 Å². The highest BCUT2D eigenvalue weighted by Gasteiger charge is 2.25. The molecule has 2 atom stereocenters. The number of allylic oxidation sites excluding steroid dienone is 4. The second-order valence-electron chi connectivity index (χ2n) is 9.28. The quantitative estimate of drug-likeness (QED) is 0.134. The molecule has 0 saturated heterocycles. The van der Waals surface area contributed by atoms with Gasteiger partial charge in [-0.25, -0.2) is 0 Å². The summed E-state index contributed by atoms with van der Waals surface area (Å²) >= 11 is 0. The third kappa shape index (κ3) is 13.1. The van der Waals surface area contributed by atoms with Crippen molar-refractivity contribution in [1.82, 2.24) is 0 Å². The molecular weight excluding hydrogens is 368 g/mol. The highest BCUT2D eigenvalue weighted by Crippen LogP contribution is 2.30. The SMILES string of the molecule is C=C(C)[C@@H]1CC=C(C)[C@@H](OC(=O)CCCCCCC/C=C/CCCCCCCC)C1. The van der Waals surface area contributed by atoms with Gasteiger partial charge in [0.2, 0.25) is 0 Å². The molecule has 0 N–H and O–H groups in total. The van der Waals surface area contributed by atoms with Crippen LogP contribution >= 0.6 is 0 Å². The lowest BCUT2D eigenvalue weighted by Gasteiger charge is -2.28. The van der Waals surface area contributed by atoms with Gasteiger partial charge in [-0.2, -0.15) is 0 Å². The first-order valence-corrected chi connectivity index (χ1v) is 12.7. The molecule has 0 aromatic heterocycles. The Hall–Kier alpha value is -1.31. The van der Waals surface area contributed by atoms with Gasteiger partial charge < -0.3 is 4.74 Å². The minimum Gasteiger partial charge on any atom is -0.458 e. The van der Waals surface area contributed by atoms with Gasteiger partial charge >= 0.3 is 5.97 Å². The maximum absolute atomic E-state index is 12.2. The lowest BCUT2D eigenvalue weighted by atomic mass is 9.84. The molecule has 0 aromatic rings. The molecule has 2 heteroatoms. The molecule has 1 aliphatic carbocycles. The molecule has 0 aliphatic heterocycles. The van der Waals surface area contributed by atoms with Crippen LogP contribution in [0, 0.1) is 5.92 Å². The summed E-state index contributed by atoms with van der Waals surface area (Å²) in [5, 5.41) is 0. The topological polar surface area (TPSA) is 26.3 Å². The van der Waals surface area contributed by atoms with Gasteiger partial charge in [-0.3, -0.25) is 4.79 Å². The average Bonchev–Trinajstić information content (AvgIpc) is 2.72. The Labute approximate surface area is 187 Å². The maximum atomic E-state index is 12.2. The summed E-state index contributed by atoms with van der Waals surface area (Å²) in [4.78, 5) is 12.2. The molecule has 0 amide bonds. The molecule has 0 spiro atoms. The van der Waals surface area contributed by atoms with E-state index in [0.717, 1.165) is 25.7 Å². The lowest BCUT2D eigenvalue weighted by Crippen LogP contribution is -2.26. The average molecular weight is 417 g/mol. The molecule has 172 valence electrons. The molecular formula is C28H48O2. The smallest absolute Gasteiger partial charge is 0.306 e. The van der Waals surface area contributed by atoms with E-state index in [1.165, 1.54) is 81.8 Å². The van der Waals surface area contributed by atoms with E-state index in [9.17, 15) is 4.79 Å². The van der Waals surface area contributed by atoms with Gasteiger partial charge in [0.25, 0.3) is 0 Å². The largest absolute Gasteiger partial charge is 0.458 e. The van der Waals surface area contributed by atoms with E-state index in [0.29, 0.717) is 12.3 Å². The normalized spacial score (nSPS) is 19.1. The number of hydrogen-bond acceptors (Lipinski definition) is 2. The van der Waals surface area contributed by atoms with Crippen LogP contribution in [-0.4, -0.2) is 12.1 Å². The summed E-state index contributed by atoms with van der Waals surface area (Å²) in [7, 11) is 0. The Kier molecular flexibility index (Phi) is 15.5. The minimum atomic E-state index is -0.0453. The number of rotatable bonds is 17. The highest BCUT2D eigenvalue weighted by molar-refractivity contribution is 5.69. The van der Waals surface area contributed by atoms with Crippen LogP contribution in [0.4, 0.5) is 0 Å². The number of hydrogen-bond donors (Lipinski definition) is 0. The van der Waals surface area contributed by atoms with Gasteiger partial charge in [-0.15, -0.1) is 0 Å². The summed E-state index contributed by atoms with van der Waals surface area (Å²) in [6, 6.07) is 0. The Morgan fingerprint density at radius 3 is 2.17 bits per heavy atom. The molecule has 0 bridgehead atoms. The minimum absolute atomic E-state index is 0.0345. The highest BCUT2D eigenvalue weighted by atomic mass is 16.5. The molecule has 1 aliphatic rings. The molecule has 30 heavy (non-hydrogen) atoms. The molecule has 2 nitrogen and oxygen atoms in total.